The Morgan fingerprint density at radius 2 is 1.68 bits per heavy atom. The lowest BCUT2D eigenvalue weighted by Crippen LogP contribution is -2.45. The zero-order valence-corrected chi connectivity index (χ0v) is 26.9. The fourth-order valence-corrected chi connectivity index (χ4v) is 6.46. The summed E-state index contributed by atoms with van der Waals surface area (Å²) in [6.07, 6.45) is 9.76. The lowest BCUT2D eigenvalue weighted by atomic mass is 9.79. The van der Waals surface area contributed by atoms with E-state index < -0.39 is 0 Å². The highest BCUT2D eigenvalue weighted by atomic mass is 19.1. The van der Waals surface area contributed by atoms with E-state index in [0.717, 1.165) is 73.1 Å². The van der Waals surface area contributed by atoms with Gasteiger partial charge in [0.2, 0.25) is 0 Å². The molecule has 2 saturated carbocycles. The zero-order valence-electron chi connectivity index (χ0n) is 26.9. The van der Waals surface area contributed by atoms with Gasteiger partial charge >= 0.3 is 0 Å². The van der Waals surface area contributed by atoms with Crippen LogP contribution in [0, 0.1) is 5.82 Å². The first-order valence-electron chi connectivity index (χ1n) is 16.1. The van der Waals surface area contributed by atoms with E-state index >= 15 is 0 Å². The molecule has 1 aliphatic heterocycles. The average Bonchev–Trinajstić information content (AvgIpc) is 3.83. The molecule has 3 aromatic rings. The second-order valence-corrected chi connectivity index (χ2v) is 13.4. The van der Waals surface area contributed by atoms with Crippen LogP contribution in [0.3, 0.4) is 0 Å². The van der Waals surface area contributed by atoms with Crippen molar-refractivity contribution in [2.75, 3.05) is 32.2 Å². The molecular formula is C37H46FN3O3. The van der Waals surface area contributed by atoms with Crippen LogP contribution in [0.25, 0.3) is 11.3 Å². The Kier molecular flexibility index (Phi) is 8.75. The maximum Gasteiger partial charge on any atom is 0.188 e. The lowest BCUT2D eigenvalue weighted by molar-refractivity contribution is -0.00541. The van der Waals surface area contributed by atoms with Gasteiger partial charge in [0.25, 0.3) is 0 Å². The summed E-state index contributed by atoms with van der Waals surface area (Å²) in [7, 11) is 3.41. The van der Waals surface area contributed by atoms with Gasteiger partial charge < -0.3 is 24.0 Å². The van der Waals surface area contributed by atoms with E-state index in [4.69, 9.17) is 19.2 Å². The van der Waals surface area contributed by atoms with Crippen LogP contribution in [0.4, 0.5) is 10.1 Å². The first kappa shape index (κ1) is 30.3. The molecule has 0 spiro atoms. The van der Waals surface area contributed by atoms with Crippen molar-refractivity contribution in [1.82, 2.24) is 9.88 Å². The van der Waals surface area contributed by atoms with Gasteiger partial charge in [-0.05, 0) is 125 Å². The summed E-state index contributed by atoms with van der Waals surface area (Å²) in [6, 6.07) is 15.8. The van der Waals surface area contributed by atoms with Crippen LogP contribution in [-0.4, -0.2) is 48.8 Å². The number of anilines is 1. The molecule has 7 heteroatoms. The van der Waals surface area contributed by atoms with E-state index in [0.29, 0.717) is 18.5 Å². The number of halogens is 1. The van der Waals surface area contributed by atoms with Gasteiger partial charge in [-0.2, -0.15) is 0 Å². The van der Waals surface area contributed by atoms with Gasteiger partial charge in [0.1, 0.15) is 11.4 Å². The number of ether oxygens (including phenoxy) is 3. The summed E-state index contributed by atoms with van der Waals surface area (Å²) in [5.74, 6) is 2.95. The van der Waals surface area contributed by atoms with Crippen molar-refractivity contribution in [2.45, 2.75) is 89.8 Å². The number of nitrogens with zero attached hydrogens (tertiary/aromatic N) is 3. The average molecular weight is 600 g/mol. The van der Waals surface area contributed by atoms with Crippen molar-refractivity contribution in [3.05, 3.63) is 83.1 Å². The van der Waals surface area contributed by atoms with Crippen molar-refractivity contribution >= 4 is 5.69 Å². The fraction of sp³-hybridized carbons (Fsp3) is 0.486. The predicted molar refractivity (Wildman–Crippen MR) is 174 cm³/mol. The molecule has 0 radical (unpaired) electrons. The molecular weight excluding hydrogens is 553 g/mol. The normalized spacial score (nSPS) is 17.2. The van der Waals surface area contributed by atoms with Crippen molar-refractivity contribution in [1.29, 1.82) is 0 Å². The van der Waals surface area contributed by atoms with E-state index in [1.807, 2.05) is 24.4 Å². The minimum atomic E-state index is -0.217. The Hall–Kier alpha value is -3.74. The molecule has 2 heterocycles. The largest absolute Gasteiger partial charge is 0.493 e. The third-order valence-corrected chi connectivity index (χ3v) is 9.08. The zero-order chi connectivity index (χ0) is 30.8. The Morgan fingerprint density at radius 3 is 2.27 bits per heavy atom. The highest BCUT2D eigenvalue weighted by Crippen LogP contribution is 2.46. The number of benzene rings is 2. The van der Waals surface area contributed by atoms with E-state index in [1.54, 1.807) is 26.4 Å². The number of hydrogen-bond acceptors (Lipinski definition) is 6. The quantitative estimate of drug-likeness (QED) is 0.218. The fourth-order valence-electron chi connectivity index (χ4n) is 6.46. The maximum absolute atomic E-state index is 14.0. The molecule has 3 aliphatic rings. The van der Waals surface area contributed by atoms with Crippen LogP contribution < -0.4 is 14.4 Å². The monoisotopic (exact) mass is 599 g/mol. The van der Waals surface area contributed by atoms with Gasteiger partial charge in [-0.3, -0.25) is 4.98 Å². The van der Waals surface area contributed by atoms with E-state index in [2.05, 4.69) is 48.8 Å². The molecule has 0 unspecified atom stereocenters. The molecule has 6 nitrogen and oxygen atoms in total. The Labute approximate surface area is 261 Å². The van der Waals surface area contributed by atoms with Crippen molar-refractivity contribution < 1.29 is 18.6 Å². The van der Waals surface area contributed by atoms with Crippen LogP contribution in [0.5, 0.6) is 11.5 Å². The van der Waals surface area contributed by atoms with Crippen molar-refractivity contribution in [3.63, 3.8) is 0 Å². The molecule has 0 bridgehead atoms. The molecule has 234 valence electrons. The minimum Gasteiger partial charge on any atom is -0.493 e. The van der Waals surface area contributed by atoms with Crippen LogP contribution in [0.1, 0.15) is 82.8 Å². The topological polar surface area (TPSA) is 47.1 Å². The summed E-state index contributed by atoms with van der Waals surface area (Å²) < 4.78 is 32.0. The number of methoxy groups -OCH3 is 2. The van der Waals surface area contributed by atoms with E-state index in [-0.39, 0.29) is 11.4 Å². The summed E-state index contributed by atoms with van der Waals surface area (Å²) in [4.78, 5) is 9.66. The number of piperidine rings is 1. The van der Waals surface area contributed by atoms with E-state index in [9.17, 15) is 4.39 Å². The lowest BCUT2D eigenvalue weighted by Gasteiger charge is -2.42. The van der Waals surface area contributed by atoms with Crippen LogP contribution in [-0.2, 0) is 11.3 Å². The van der Waals surface area contributed by atoms with E-state index in [1.165, 1.54) is 36.0 Å². The molecule has 1 aromatic heterocycles. The summed E-state index contributed by atoms with van der Waals surface area (Å²) in [6.45, 7) is 8.96. The SMILES string of the molecule is COc1cc(-c2cc(CN(c3ccc(F)cc3)C3CCN(C(OC(C)(C)C)=C4CC4)CC3)ccn2)cc(C2CCC2)c1OC. The van der Waals surface area contributed by atoms with Gasteiger partial charge in [-0.25, -0.2) is 4.39 Å². The Morgan fingerprint density at radius 1 is 0.955 bits per heavy atom. The molecule has 3 fully saturated rings. The second kappa shape index (κ2) is 12.7. The van der Waals surface area contributed by atoms with Crippen LogP contribution >= 0.6 is 0 Å². The minimum absolute atomic E-state index is 0.215. The number of hydrogen-bond donors (Lipinski definition) is 0. The number of allylic oxidation sites excluding steroid dienone is 1. The van der Waals surface area contributed by atoms with Crippen molar-refractivity contribution in [3.8, 4) is 22.8 Å². The second-order valence-electron chi connectivity index (χ2n) is 13.4. The highest BCUT2D eigenvalue weighted by Gasteiger charge is 2.32. The van der Waals surface area contributed by atoms with Crippen LogP contribution in [0.2, 0.25) is 0 Å². The Bertz CT molecular complexity index is 1480. The molecule has 0 atom stereocenters. The molecule has 2 aromatic carbocycles. The number of aromatic nitrogens is 1. The smallest absolute Gasteiger partial charge is 0.188 e. The molecule has 6 rings (SSSR count). The third-order valence-electron chi connectivity index (χ3n) is 9.08. The van der Waals surface area contributed by atoms with Gasteiger partial charge in [0.05, 0.1) is 19.9 Å². The molecule has 0 amide bonds. The van der Waals surface area contributed by atoms with Gasteiger partial charge in [-0.15, -0.1) is 0 Å². The highest BCUT2D eigenvalue weighted by molar-refractivity contribution is 5.68. The maximum atomic E-state index is 14.0. The molecule has 0 N–H and O–H groups in total. The Balaban J connectivity index is 1.25. The van der Waals surface area contributed by atoms with Gasteiger partial charge in [-0.1, -0.05) is 6.42 Å². The third kappa shape index (κ3) is 6.82. The number of rotatable bonds is 10. The standard InChI is InChI=1S/C37H46FN3O3/c1-37(2,3)44-36(27-9-10-27)40-19-16-31(17-20-40)41(30-13-11-29(38)12-14-30)24-25-15-18-39-33(21-25)28-22-32(26-7-6-8-26)35(43-5)34(23-28)42-4/h11-15,18,21-23,26,31H,6-10,16-17,19-20,24H2,1-5H3. The summed E-state index contributed by atoms with van der Waals surface area (Å²) in [5, 5.41) is 0. The first-order chi connectivity index (χ1) is 21.2. The first-order valence-corrected chi connectivity index (χ1v) is 16.1. The number of likely N-dealkylation sites (tertiary alicyclic amines) is 1. The summed E-state index contributed by atoms with van der Waals surface area (Å²) in [5.41, 5.74) is 6.58. The predicted octanol–water partition coefficient (Wildman–Crippen LogP) is 8.46. The molecule has 1 saturated heterocycles. The number of pyridine rings is 1. The van der Waals surface area contributed by atoms with Gasteiger partial charge in [0, 0.05) is 48.7 Å². The van der Waals surface area contributed by atoms with Crippen LogP contribution in [0.15, 0.2) is 66.2 Å². The summed E-state index contributed by atoms with van der Waals surface area (Å²) >= 11 is 0. The molecule has 44 heavy (non-hydrogen) atoms. The van der Waals surface area contributed by atoms with Crippen molar-refractivity contribution in [2.24, 2.45) is 0 Å². The molecule has 2 aliphatic carbocycles. The van der Waals surface area contributed by atoms with Gasteiger partial charge in [0.15, 0.2) is 17.4 Å².